The molecule has 4 heteroatoms. The minimum absolute atomic E-state index is 0.123. The van der Waals surface area contributed by atoms with Gasteiger partial charge >= 0.3 is 5.97 Å². The topological polar surface area (TPSA) is 38.3 Å². The summed E-state index contributed by atoms with van der Waals surface area (Å²) in [4.78, 5) is 11.9. The molecule has 3 nitrogen and oxygen atoms in total. The van der Waals surface area contributed by atoms with Gasteiger partial charge in [0.1, 0.15) is 6.04 Å². The monoisotopic (exact) mass is 309 g/mol. The van der Waals surface area contributed by atoms with E-state index in [2.05, 4.69) is 43.4 Å². The molecular formula is C17H27NO2S. The molecule has 0 spiro atoms. The van der Waals surface area contributed by atoms with Crippen molar-refractivity contribution in [1.82, 2.24) is 5.32 Å². The van der Waals surface area contributed by atoms with Gasteiger partial charge in [-0.2, -0.15) is 11.8 Å². The van der Waals surface area contributed by atoms with Crippen molar-refractivity contribution in [3.63, 3.8) is 0 Å². The van der Waals surface area contributed by atoms with Crippen LogP contribution in [0.5, 0.6) is 0 Å². The fourth-order valence-corrected chi connectivity index (χ4v) is 3.02. The first-order chi connectivity index (χ1) is 10.2. The molecule has 1 atom stereocenters. The van der Waals surface area contributed by atoms with E-state index in [1.54, 1.807) is 0 Å². The standard InChI is InChI=1S/C17H27NO2S/c1-4-10-18-16(17(19)20-5-2)9-11-21-13-15-8-6-7-14(3)12-15/h6-8,12,16,18H,4-5,9-11,13H2,1-3H3. The maximum absolute atomic E-state index is 11.9. The van der Waals surface area contributed by atoms with Crippen LogP contribution in [0.1, 0.15) is 37.8 Å². The lowest BCUT2D eigenvalue weighted by atomic mass is 10.2. The van der Waals surface area contributed by atoms with E-state index in [1.807, 2.05) is 18.7 Å². The van der Waals surface area contributed by atoms with Gasteiger partial charge in [-0.15, -0.1) is 0 Å². The average molecular weight is 309 g/mol. The largest absolute Gasteiger partial charge is 0.465 e. The number of hydrogen-bond donors (Lipinski definition) is 1. The van der Waals surface area contributed by atoms with Crippen molar-refractivity contribution in [3.8, 4) is 0 Å². The highest BCUT2D eigenvalue weighted by Crippen LogP contribution is 2.15. The van der Waals surface area contributed by atoms with E-state index in [9.17, 15) is 4.79 Å². The molecule has 21 heavy (non-hydrogen) atoms. The number of aryl methyl sites for hydroxylation is 1. The summed E-state index contributed by atoms with van der Waals surface area (Å²) >= 11 is 1.86. The van der Waals surface area contributed by atoms with Crippen molar-refractivity contribution in [2.45, 2.75) is 45.4 Å². The van der Waals surface area contributed by atoms with Gasteiger partial charge in [-0.3, -0.25) is 4.79 Å². The number of thioether (sulfide) groups is 1. The van der Waals surface area contributed by atoms with E-state index in [0.717, 1.165) is 30.9 Å². The summed E-state index contributed by atoms with van der Waals surface area (Å²) in [7, 11) is 0. The van der Waals surface area contributed by atoms with Gasteiger partial charge in [0, 0.05) is 5.75 Å². The second-order valence-electron chi connectivity index (χ2n) is 5.09. The number of nitrogens with one attached hydrogen (secondary N) is 1. The summed E-state index contributed by atoms with van der Waals surface area (Å²) < 4.78 is 5.12. The van der Waals surface area contributed by atoms with E-state index in [0.29, 0.717) is 6.61 Å². The average Bonchev–Trinajstić information content (AvgIpc) is 2.46. The highest BCUT2D eigenvalue weighted by atomic mass is 32.2. The minimum Gasteiger partial charge on any atom is -0.465 e. The third-order valence-corrected chi connectivity index (χ3v) is 4.18. The van der Waals surface area contributed by atoms with E-state index < -0.39 is 0 Å². The van der Waals surface area contributed by atoms with Crippen LogP contribution in [0, 0.1) is 6.92 Å². The lowest BCUT2D eigenvalue weighted by Gasteiger charge is -2.16. The van der Waals surface area contributed by atoms with Gasteiger partial charge in [0.25, 0.3) is 0 Å². The maximum atomic E-state index is 11.9. The Balaban J connectivity index is 2.33. The molecule has 0 amide bonds. The van der Waals surface area contributed by atoms with Crippen LogP contribution in [0.2, 0.25) is 0 Å². The Bertz CT molecular complexity index is 423. The predicted molar refractivity (Wildman–Crippen MR) is 90.7 cm³/mol. The summed E-state index contributed by atoms with van der Waals surface area (Å²) in [6, 6.07) is 8.40. The van der Waals surface area contributed by atoms with Gasteiger partial charge in [0.2, 0.25) is 0 Å². The van der Waals surface area contributed by atoms with E-state index in [-0.39, 0.29) is 12.0 Å². The third kappa shape index (κ3) is 7.53. The normalized spacial score (nSPS) is 12.1. The molecule has 1 N–H and O–H groups in total. The van der Waals surface area contributed by atoms with Crippen LogP contribution in [-0.2, 0) is 15.3 Å². The first-order valence-electron chi connectivity index (χ1n) is 7.70. The maximum Gasteiger partial charge on any atom is 0.323 e. The molecule has 0 fully saturated rings. The molecule has 0 aliphatic rings. The molecule has 0 aromatic heterocycles. The highest BCUT2D eigenvalue weighted by molar-refractivity contribution is 7.98. The summed E-state index contributed by atoms with van der Waals surface area (Å²) in [6.45, 7) is 7.36. The molecular weight excluding hydrogens is 282 g/mol. The SMILES string of the molecule is CCCNC(CCSCc1cccc(C)c1)C(=O)OCC. The first kappa shape index (κ1) is 18.1. The molecule has 0 radical (unpaired) electrons. The van der Waals surface area contributed by atoms with Gasteiger partial charge in [-0.05, 0) is 44.6 Å². The summed E-state index contributed by atoms with van der Waals surface area (Å²) in [5, 5.41) is 3.27. The van der Waals surface area contributed by atoms with Gasteiger partial charge in [0.15, 0.2) is 0 Å². The number of esters is 1. The van der Waals surface area contributed by atoms with Gasteiger partial charge < -0.3 is 10.1 Å². The second-order valence-corrected chi connectivity index (χ2v) is 6.19. The van der Waals surface area contributed by atoms with E-state index >= 15 is 0 Å². The van der Waals surface area contributed by atoms with Crippen molar-refractivity contribution >= 4 is 17.7 Å². The van der Waals surface area contributed by atoms with Gasteiger partial charge in [-0.1, -0.05) is 36.8 Å². The van der Waals surface area contributed by atoms with Crippen LogP contribution in [0.25, 0.3) is 0 Å². The summed E-state index contributed by atoms with van der Waals surface area (Å²) in [5.41, 5.74) is 2.64. The molecule has 0 saturated carbocycles. The molecule has 1 rings (SSSR count). The summed E-state index contributed by atoms with van der Waals surface area (Å²) in [5.74, 6) is 1.82. The smallest absolute Gasteiger partial charge is 0.323 e. The molecule has 0 heterocycles. The zero-order chi connectivity index (χ0) is 15.5. The Morgan fingerprint density at radius 3 is 2.86 bits per heavy atom. The Hall–Kier alpha value is -1.00. The van der Waals surface area contributed by atoms with Crippen LogP contribution in [-0.4, -0.2) is 30.9 Å². The fourth-order valence-electron chi connectivity index (χ4n) is 2.06. The molecule has 0 saturated heterocycles. The van der Waals surface area contributed by atoms with Crippen molar-refractivity contribution in [2.24, 2.45) is 0 Å². The quantitative estimate of drug-likeness (QED) is 0.530. The number of ether oxygens (including phenoxy) is 1. The molecule has 0 aliphatic heterocycles. The molecule has 0 bridgehead atoms. The van der Waals surface area contributed by atoms with Crippen LogP contribution >= 0.6 is 11.8 Å². The number of carbonyl (C=O) groups excluding carboxylic acids is 1. The van der Waals surface area contributed by atoms with Crippen LogP contribution in [0.4, 0.5) is 0 Å². The van der Waals surface area contributed by atoms with E-state index in [4.69, 9.17) is 4.74 Å². The van der Waals surface area contributed by atoms with Crippen LogP contribution in [0.3, 0.4) is 0 Å². The molecule has 118 valence electrons. The van der Waals surface area contributed by atoms with E-state index in [1.165, 1.54) is 11.1 Å². The predicted octanol–water partition coefficient (Wildman–Crippen LogP) is 3.55. The van der Waals surface area contributed by atoms with Crippen molar-refractivity contribution in [1.29, 1.82) is 0 Å². The van der Waals surface area contributed by atoms with Crippen molar-refractivity contribution in [2.75, 3.05) is 18.9 Å². The first-order valence-corrected chi connectivity index (χ1v) is 8.86. The number of hydrogen-bond acceptors (Lipinski definition) is 4. The van der Waals surface area contributed by atoms with Gasteiger partial charge in [-0.25, -0.2) is 0 Å². The lowest BCUT2D eigenvalue weighted by molar-refractivity contribution is -0.145. The molecule has 1 aromatic carbocycles. The number of benzene rings is 1. The Morgan fingerprint density at radius 2 is 2.19 bits per heavy atom. The van der Waals surface area contributed by atoms with Crippen LogP contribution < -0.4 is 5.32 Å². The Kier molecular flexibility index (Phi) is 9.19. The molecule has 0 aliphatic carbocycles. The minimum atomic E-state index is -0.171. The lowest BCUT2D eigenvalue weighted by Crippen LogP contribution is -2.39. The van der Waals surface area contributed by atoms with Crippen LogP contribution in [0.15, 0.2) is 24.3 Å². The van der Waals surface area contributed by atoms with Crippen molar-refractivity contribution < 1.29 is 9.53 Å². The third-order valence-electron chi connectivity index (χ3n) is 3.11. The molecule has 1 unspecified atom stereocenters. The van der Waals surface area contributed by atoms with Gasteiger partial charge in [0.05, 0.1) is 6.61 Å². The second kappa shape index (κ2) is 10.7. The fraction of sp³-hybridized carbons (Fsp3) is 0.588. The zero-order valence-electron chi connectivity index (χ0n) is 13.4. The van der Waals surface area contributed by atoms with Crippen molar-refractivity contribution in [3.05, 3.63) is 35.4 Å². The highest BCUT2D eigenvalue weighted by Gasteiger charge is 2.18. The molecule has 1 aromatic rings. The zero-order valence-corrected chi connectivity index (χ0v) is 14.2. The Labute approximate surface area is 132 Å². The number of carbonyl (C=O) groups is 1. The summed E-state index contributed by atoms with van der Waals surface area (Å²) in [6.07, 6.45) is 1.83. The Morgan fingerprint density at radius 1 is 1.38 bits per heavy atom. The number of rotatable bonds is 10.